The molecule has 0 aliphatic carbocycles. The van der Waals surface area contributed by atoms with Crippen LogP contribution < -0.4 is 0 Å². The van der Waals surface area contributed by atoms with Crippen molar-refractivity contribution in [1.29, 1.82) is 0 Å². The highest BCUT2D eigenvalue weighted by atomic mass is 32.1. The molecular weight excluding hydrogens is 184 g/mol. The zero-order valence-electron chi connectivity index (χ0n) is 7.96. The lowest BCUT2D eigenvalue weighted by molar-refractivity contribution is -0.126. The lowest BCUT2D eigenvalue weighted by Crippen LogP contribution is -2.15. The van der Waals surface area contributed by atoms with Gasteiger partial charge < -0.3 is 0 Å². The lowest BCUT2D eigenvalue weighted by Gasteiger charge is -2.06. The zero-order valence-corrected chi connectivity index (χ0v) is 8.77. The molecule has 0 fully saturated rings. The number of ketones is 2. The largest absolute Gasteiger partial charge is 0.299 e. The molecule has 3 heteroatoms. The molecule has 0 bridgehead atoms. The van der Waals surface area contributed by atoms with Crippen LogP contribution in [0.15, 0.2) is 11.4 Å². The summed E-state index contributed by atoms with van der Waals surface area (Å²) < 4.78 is 0. The van der Waals surface area contributed by atoms with Gasteiger partial charge in [-0.2, -0.15) is 0 Å². The molecule has 0 saturated carbocycles. The molecule has 0 aliphatic rings. The van der Waals surface area contributed by atoms with Crippen molar-refractivity contribution in [3.63, 3.8) is 0 Å². The molecule has 1 aromatic rings. The van der Waals surface area contributed by atoms with E-state index in [9.17, 15) is 9.59 Å². The summed E-state index contributed by atoms with van der Waals surface area (Å²) in [6.45, 7) is 4.87. The predicted octanol–water partition coefficient (Wildman–Crippen LogP) is 2.32. The van der Waals surface area contributed by atoms with E-state index in [1.54, 1.807) is 0 Å². The third kappa shape index (κ3) is 2.25. The molecule has 0 radical (unpaired) electrons. The number of Topliss-reactive ketones (excluding diaryl/α,β-unsaturated/α-hetero) is 2. The van der Waals surface area contributed by atoms with E-state index in [0.29, 0.717) is 0 Å². The van der Waals surface area contributed by atoms with Crippen LogP contribution in [-0.2, 0) is 9.59 Å². The second-order valence-corrected chi connectivity index (χ2v) is 4.12. The van der Waals surface area contributed by atoms with E-state index in [2.05, 4.69) is 0 Å². The molecule has 0 spiro atoms. The summed E-state index contributed by atoms with van der Waals surface area (Å²) in [7, 11) is 0. The first-order valence-electron chi connectivity index (χ1n) is 4.08. The van der Waals surface area contributed by atoms with Gasteiger partial charge in [0.2, 0.25) is 0 Å². The molecule has 0 aromatic carbocycles. The smallest absolute Gasteiger partial charge is 0.145 e. The molecule has 1 heterocycles. The predicted molar refractivity (Wildman–Crippen MR) is 53.2 cm³/mol. The van der Waals surface area contributed by atoms with E-state index >= 15 is 0 Å². The first-order chi connectivity index (χ1) is 6.02. The molecule has 70 valence electrons. The van der Waals surface area contributed by atoms with Gasteiger partial charge in [0.05, 0.1) is 0 Å². The molecule has 0 atom stereocenters. The topological polar surface area (TPSA) is 34.1 Å². The van der Waals surface area contributed by atoms with Crippen molar-refractivity contribution >= 4 is 22.9 Å². The van der Waals surface area contributed by atoms with Crippen LogP contribution in [0.1, 0.15) is 30.2 Å². The van der Waals surface area contributed by atoms with Gasteiger partial charge in [-0.15, -0.1) is 11.3 Å². The number of hydrogen-bond acceptors (Lipinski definition) is 3. The van der Waals surface area contributed by atoms with E-state index in [1.807, 2.05) is 18.4 Å². The highest BCUT2D eigenvalue weighted by molar-refractivity contribution is 7.10. The van der Waals surface area contributed by atoms with Gasteiger partial charge in [-0.3, -0.25) is 9.59 Å². The van der Waals surface area contributed by atoms with Crippen LogP contribution >= 0.6 is 11.3 Å². The van der Waals surface area contributed by atoms with Crippen LogP contribution in [0.2, 0.25) is 0 Å². The van der Waals surface area contributed by atoms with Gasteiger partial charge in [0.25, 0.3) is 0 Å². The maximum Gasteiger partial charge on any atom is 0.145 e. The first kappa shape index (κ1) is 10.1. The minimum absolute atomic E-state index is 0.0747. The average Bonchev–Trinajstić information content (AvgIpc) is 2.34. The Kier molecular flexibility index (Phi) is 2.98. The molecule has 1 aromatic heterocycles. The van der Waals surface area contributed by atoms with Crippen molar-refractivity contribution in [2.75, 3.05) is 0 Å². The number of hydrogen-bond donors (Lipinski definition) is 0. The Morgan fingerprint density at radius 2 is 1.85 bits per heavy atom. The van der Waals surface area contributed by atoms with Crippen molar-refractivity contribution in [2.24, 2.45) is 0 Å². The Morgan fingerprint density at radius 1 is 1.31 bits per heavy atom. The highest BCUT2D eigenvalue weighted by Crippen LogP contribution is 2.25. The highest BCUT2D eigenvalue weighted by Gasteiger charge is 2.22. The average molecular weight is 196 g/mol. The number of carbonyl (C=O) groups excluding carboxylic acids is 2. The summed E-state index contributed by atoms with van der Waals surface area (Å²) in [5, 5.41) is 1.95. The first-order valence-corrected chi connectivity index (χ1v) is 4.96. The van der Waals surface area contributed by atoms with Crippen molar-refractivity contribution < 1.29 is 9.59 Å². The van der Waals surface area contributed by atoms with Gasteiger partial charge in [-0.05, 0) is 37.8 Å². The van der Waals surface area contributed by atoms with Crippen molar-refractivity contribution in [3.05, 3.63) is 21.9 Å². The second-order valence-electron chi connectivity index (χ2n) is 3.18. The van der Waals surface area contributed by atoms with Gasteiger partial charge in [0.15, 0.2) is 0 Å². The molecule has 2 nitrogen and oxygen atoms in total. The van der Waals surface area contributed by atoms with Crippen LogP contribution in [0.5, 0.6) is 0 Å². The molecule has 13 heavy (non-hydrogen) atoms. The summed E-state index contributed by atoms with van der Waals surface area (Å²) >= 11 is 1.47. The number of carbonyl (C=O) groups is 2. The zero-order chi connectivity index (χ0) is 10.0. The SMILES string of the molecule is CC(=O)C(C(C)=O)c1cc(C)cs1. The molecular formula is C10H12O2S. The van der Waals surface area contributed by atoms with Crippen LogP contribution in [0.3, 0.4) is 0 Å². The van der Waals surface area contributed by atoms with Gasteiger partial charge in [0.1, 0.15) is 17.5 Å². The Hall–Kier alpha value is -0.960. The van der Waals surface area contributed by atoms with Crippen molar-refractivity contribution in [3.8, 4) is 0 Å². The van der Waals surface area contributed by atoms with E-state index in [1.165, 1.54) is 25.2 Å². The summed E-state index contributed by atoms with van der Waals surface area (Å²) in [4.78, 5) is 23.2. The van der Waals surface area contributed by atoms with Crippen LogP contribution in [0.4, 0.5) is 0 Å². The van der Waals surface area contributed by atoms with E-state index < -0.39 is 5.92 Å². The Balaban J connectivity index is 3.02. The molecule has 0 saturated heterocycles. The summed E-state index contributed by atoms with van der Waals surface area (Å²) in [5.41, 5.74) is 1.10. The number of aryl methyl sites for hydroxylation is 1. The fraction of sp³-hybridized carbons (Fsp3) is 0.400. The van der Waals surface area contributed by atoms with Crippen LogP contribution in [0, 0.1) is 6.92 Å². The van der Waals surface area contributed by atoms with E-state index in [-0.39, 0.29) is 11.6 Å². The molecule has 0 amide bonds. The Bertz CT molecular complexity index is 324. The lowest BCUT2D eigenvalue weighted by atomic mass is 9.99. The molecule has 1 rings (SSSR count). The maximum atomic E-state index is 11.2. The molecule has 0 aliphatic heterocycles. The van der Waals surface area contributed by atoms with Crippen LogP contribution in [0.25, 0.3) is 0 Å². The number of rotatable bonds is 3. The Labute approximate surface area is 81.6 Å². The minimum atomic E-state index is -0.543. The summed E-state index contributed by atoms with van der Waals surface area (Å²) in [6, 6.07) is 1.90. The van der Waals surface area contributed by atoms with Gasteiger partial charge in [-0.25, -0.2) is 0 Å². The fourth-order valence-corrected chi connectivity index (χ4v) is 2.40. The monoisotopic (exact) mass is 196 g/mol. The quantitative estimate of drug-likeness (QED) is 0.695. The number of thiophene rings is 1. The van der Waals surface area contributed by atoms with Crippen molar-refractivity contribution in [2.45, 2.75) is 26.7 Å². The van der Waals surface area contributed by atoms with Gasteiger partial charge in [0, 0.05) is 4.88 Å². The standard InChI is InChI=1S/C10H12O2S/c1-6-4-9(13-5-6)10(7(2)11)8(3)12/h4-5,10H,1-3H3. The van der Waals surface area contributed by atoms with Crippen LogP contribution in [-0.4, -0.2) is 11.6 Å². The molecule has 0 N–H and O–H groups in total. The van der Waals surface area contributed by atoms with E-state index in [0.717, 1.165) is 10.4 Å². The summed E-state index contributed by atoms with van der Waals surface area (Å²) in [5.74, 6) is -0.692. The molecule has 0 unspecified atom stereocenters. The normalized spacial score (nSPS) is 10.5. The van der Waals surface area contributed by atoms with Gasteiger partial charge in [-0.1, -0.05) is 0 Å². The maximum absolute atomic E-state index is 11.2. The summed E-state index contributed by atoms with van der Waals surface area (Å²) in [6.07, 6.45) is 0. The second kappa shape index (κ2) is 3.83. The fourth-order valence-electron chi connectivity index (χ4n) is 1.29. The third-order valence-corrected chi connectivity index (χ3v) is 2.96. The van der Waals surface area contributed by atoms with Crippen molar-refractivity contribution in [1.82, 2.24) is 0 Å². The minimum Gasteiger partial charge on any atom is -0.299 e. The van der Waals surface area contributed by atoms with Gasteiger partial charge >= 0.3 is 0 Å². The van der Waals surface area contributed by atoms with E-state index in [4.69, 9.17) is 0 Å². The third-order valence-electron chi connectivity index (χ3n) is 1.85. The Morgan fingerprint density at radius 3 is 2.15 bits per heavy atom.